The average molecular weight is 290 g/mol. The second-order valence-electron chi connectivity index (χ2n) is 5.48. The Morgan fingerprint density at radius 2 is 1.95 bits per heavy atom. The van der Waals surface area contributed by atoms with Gasteiger partial charge in [0.1, 0.15) is 5.82 Å². The van der Waals surface area contributed by atoms with Crippen molar-refractivity contribution in [2.45, 2.75) is 32.4 Å². The van der Waals surface area contributed by atoms with Gasteiger partial charge in [0.2, 0.25) is 0 Å². The van der Waals surface area contributed by atoms with Gasteiger partial charge in [-0.05, 0) is 66.3 Å². The van der Waals surface area contributed by atoms with Crippen molar-refractivity contribution >= 4 is 11.6 Å². The second kappa shape index (κ2) is 5.55. The number of hydrogen-bond acceptors (Lipinski definition) is 1. The maximum atomic E-state index is 13.5. The largest absolute Gasteiger partial charge is 0.310 e. The van der Waals surface area contributed by atoms with E-state index >= 15 is 0 Å². The van der Waals surface area contributed by atoms with Gasteiger partial charge in [0.05, 0.1) is 0 Å². The molecule has 1 aliphatic carbocycles. The van der Waals surface area contributed by atoms with E-state index in [0.29, 0.717) is 6.04 Å². The van der Waals surface area contributed by atoms with Crippen molar-refractivity contribution in [1.29, 1.82) is 0 Å². The molecule has 0 saturated heterocycles. The van der Waals surface area contributed by atoms with E-state index in [2.05, 4.69) is 5.32 Å². The van der Waals surface area contributed by atoms with Crippen molar-refractivity contribution in [2.75, 3.05) is 0 Å². The Kier molecular flexibility index (Phi) is 3.77. The van der Waals surface area contributed by atoms with Crippen molar-refractivity contribution < 1.29 is 4.39 Å². The van der Waals surface area contributed by atoms with Crippen LogP contribution in [0, 0.1) is 12.7 Å². The lowest BCUT2D eigenvalue weighted by atomic mass is 10.0. The molecule has 1 aliphatic rings. The highest BCUT2D eigenvalue weighted by Gasteiger charge is 2.20. The number of benzene rings is 2. The average Bonchev–Trinajstić information content (AvgIpc) is 3.20. The minimum absolute atomic E-state index is 0.201. The van der Waals surface area contributed by atoms with Gasteiger partial charge < -0.3 is 5.32 Å². The fraction of sp³-hybridized carbons (Fsp3) is 0.294. The molecule has 0 aliphatic heterocycles. The lowest BCUT2D eigenvalue weighted by Gasteiger charge is -2.10. The Morgan fingerprint density at radius 3 is 2.65 bits per heavy atom. The summed E-state index contributed by atoms with van der Waals surface area (Å²) in [7, 11) is 0. The lowest BCUT2D eigenvalue weighted by Crippen LogP contribution is -2.15. The molecule has 0 spiro atoms. The van der Waals surface area contributed by atoms with Crippen LogP contribution >= 0.6 is 11.6 Å². The number of hydrogen-bond donors (Lipinski definition) is 1. The maximum absolute atomic E-state index is 13.5. The fourth-order valence-electron chi connectivity index (χ4n) is 2.33. The zero-order valence-corrected chi connectivity index (χ0v) is 12.2. The highest BCUT2D eigenvalue weighted by molar-refractivity contribution is 6.31. The standard InChI is InChI=1S/C17H17ClFN/c1-11-6-13(9-15(19)7-11)12-2-5-17(18)14(8-12)10-20-16-3-4-16/h2,5-9,16,20H,3-4,10H2,1H3. The SMILES string of the molecule is Cc1cc(F)cc(-c2ccc(Cl)c(CNC3CC3)c2)c1. The molecule has 20 heavy (non-hydrogen) atoms. The van der Waals surface area contributed by atoms with Crippen LogP contribution in [0.15, 0.2) is 36.4 Å². The molecule has 1 fully saturated rings. The van der Waals surface area contributed by atoms with Gasteiger partial charge >= 0.3 is 0 Å². The van der Waals surface area contributed by atoms with E-state index in [1.807, 2.05) is 31.2 Å². The van der Waals surface area contributed by atoms with Crippen molar-refractivity contribution in [3.63, 3.8) is 0 Å². The molecule has 0 amide bonds. The zero-order valence-electron chi connectivity index (χ0n) is 11.4. The van der Waals surface area contributed by atoms with Gasteiger partial charge in [-0.15, -0.1) is 0 Å². The third-order valence-corrected chi connectivity index (χ3v) is 3.95. The van der Waals surface area contributed by atoms with E-state index in [4.69, 9.17) is 11.6 Å². The van der Waals surface area contributed by atoms with Gasteiger partial charge in [0.25, 0.3) is 0 Å². The molecule has 0 atom stereocenters. The summed E-state index contributed by atoms with van der Waals surface area (Å²) in [5.41, 5.74) is 3.89. The molecule has 1 nitrogen and oxygen atoms in total. The summed E-state index contributed by atoms with van der Waals surface area (Å²) in [6, 6.07) is 11.6. The first-order chi connectivity index (χ1) is 9.61. The molecule has 0 unspecified atom stereocenters. The molecule has 2 aromatic rings. The molecule has 0 heterocycles. The van der Waals surface area contributed by atoms with E-state index < -0.39 is 0 Å². The Bertz CT molecular complexity index is 615. The molecule has 3 heteroatoms. The predicted molar refractivity (Wildman–Crippen MR) is 81.4 cm³/mol. The minimum atomic E-state index is -0.201. The van der Waals surface area contributed by atoms with Gasteiger partial charge in [-0.1, -0.05) is 23.7 Å². The zero-order chi connectivity index (χ0) is 14.1. The Balaban J connectivity index is 1.90. The molecular formula is C17H17ClFN. The maximum Gasteiger partial charge on any atom is 0.124 e. The first-order valence-electron chi connectivity index (χ1n) is 6.91. The first kappa shape index (κ1) is 13.6. The van der Waals surface area contributed by atoms with Crippen LogP contribution in [-0.2, 0) is 6.54 Å². The third-order valence-electron chi connectivity index (χ3n) is 3.58. The molecule has 1 saturated carbocycles. The van der Waals surface area contributed by atoms with E-state index in [0.717, 1.165) is 33.8 Å². The van der Waals surface area contributed by atoms with Crippen LogP contribution in [0.1, 0.15) is 24.0 Å². The Labute approximate surface area is 123 Å². The molecule has 2 aromatic carbocycles. The van der Waals surface area contributed by atoms with Crippen LogP contribution in [0.25, 0.3) is 11.1 Å². The lowest BCUT2D eigenvalue weighted by molar-refractivity contribution is 0.627. The van der Waals surface area contributed by atoms with Gasteiger partial charge in [-0.25, -0.2) is 4.39 Å². The summed E-state index contributed by atoms with van der Waals surface area (Å²) >= 11 is 6.24. The highest BCUT2D eigenvalue weighted by atomic mass is 35.5. The monoisotopic (exact) mass is 289 g/mol. The molecule has 0 aromatic heterocycles. The molecular weight excluding hydrogens is 273 g/mol. The minimum Gasteiger partial charge on any atom is -0.310 e. The number of aryl methyl sites for hydroxylation is 1. The van der Waals surface area contributed by atoms with Gasteiger partial charge in [0, 0.05) is 17.6 Å². The normalized spacial score (nSPS) is 14.6. The number of rotatable bonds is 4. The van der Waals surface area contributed by atoms with Crippen molar-refractivity contribution in [3.05, 3.63) is 58.4 Å². The first-order valence-corrected chi connectivity index (χ1v) is 7.29. The van der Waals surface area contributed by atoms with E-state index in [1.165, 1.54) is 18.9 Å². The quantitative estimate of drug-likeness (QED) is 0.860. The van der Waals surface area contributed by atoms with E-state index in [1.54, 1.807) is 6.07 Å². The van der Waals surface area contributed by atoms with Crippen molar-refractivity contribution in [1.82, 2.24) is 5.32 Å². The molecule has 0 bridgehead atoms. The highest BCUT2D eigenvalue weighted by Crippen LogP contribution is 2.27. The van der Waals surface area contributed by atoms with Crippen LogP contribution in [0.3, 0.4) is 0 Å². The summed E-state index contributed by atoms with van der Waals surface area (Å²) < 4.78 is 13.5. The Hall–Kier alpha value is -1.38. The van der Waals surface area contributed by atoms with E-state index in [9.17, 15) is 4.39 Å². The molecule has 0 radical (unpaired) electrons. The summed E-state index contributed by atoms with van der Waals surface area (Å²) in [5, 5.41) is 4.22. The van der Waals surface area contributed by atoms with Crippen LogP contribution in [0.5, 0.6) is 0 Å². The van der Waals surface area contributed by atoms with Gasteiger partial charge in [-0.3, -0.25) is 0 Å². The summed E-state index contributed by atoms with van der Waals surface area (Å²) in [6.07, 6.45) is 2.50. The van der Waals surface area contributed by atoms with Gasteiger partial charge in [0.15, 0.2) is 0 Å². The number of nitrogens with one attached hydrogen (secondary N) is 1. The third kappa shape index (κ3) is 3.20. The van der Waals surface area contributed by atoms with Gasteiger partial charge in [-0.2, -0.15) is 0 Å². The predicted octanol–water partition coefficient (Wildman–Crippen LogP) is 4.71. The summed E-state index contributed by atoms with van der Waals surface area (Å²) in [4.78, 5) is 0. The summed E-state index contributed by atoms with van der Waals surface area (Å²) in [5.74, 6) is -0.201. The number of halogens is 2. The second-order valence-corrected chi connectivity index (χ2v) is 5.89. The van der Waals surface area contributed by atoms with Crippen molar-refractivity contribution in [2.24, 2.45) is 0 Å². The van der Waals surface area contributed by atoms with Crippen LogP contribution in [0.2, 0.25) is 5.02 Å². The Morgan fingerprint density at radius 1 is 1.15 bits per heavy atom. The smallest absolute Gasteiger partial charge is 0.124 e. The van der Waals surface area contributed by atoms with Crippen LogP contribution in [-0.4, -0.2) is 6.04 Å². The molecule has 3 rings (SSSR count). The topological polar surface area (TPSA) is 12.0 Å². The molecule has 104 valence electrons. The van der Waals surface area contributed by atoms with Crippen LogP contribution < -0.4 is 5.32 Å². The van der Waals surface area contributed by atoms with Crippen molar-refractivity contribution in [3.8, 4) is 11.1 Å². The van der Waals surface area contributed by atoms with E-state index in [-0.39, 0.29) is 5.82 Å². The summed E-state index contributed by atoms with van der Waals surface area (Å²) in [6.45, 7) is 2.67. The van der Waals surface area contributed by atoms with Crippen LogP contribution in [0.4, 0.5) is 4.39 Å². The fourth-order valence-corrected chi connectivity index (χ4v) is 2.52. The molecule has 1 N–H and O–H groups in total.